The molecule has 0 aromatic heterocycles. The Kier molecular flexibility index (Phi) is 6.14. The van der Waals surface area contributed by atoms with Crippen LogP contribution in [0.2, 0.25) is 0 Å². The molecule has 6 nitrogen and oxygen atoms in total. The number of carbonyl (C=O) groups is 2. The van der Waals surface area contributed by atoms with E-state index in [2.05, 4.69) is 29.4 Å². The van der Waals surface area contributed by atoms with Crippen LogP contribution in [0.5, 0.6) is 5.75 Å². The van der Waals surface area contributed by atoms with E-state index in [1.54, 1.807) is 6.92 Å². The lowest BCUT2D eigenvalue weighted by molar-refractivity contribution is -0.136. The Hall–Kier alpha value is -2.15. The highest BCUT2D eigenvalue weighted by atomic mass is 19.1. The number of benzene rings is 1. The minimum absolute atomic E-state index is 0.0514. The fourth-order valence-electron chi connectivity index (χ4n) is 2.69. The zero-order chi connectivity index (χ0) is 17.7. The van der Waals surface area contributed by atoms with E-state index in [0.29, 0.717) is 18.4 Å². The smallest absolute Gasteiger partial charge is 0.313 e. The lowest BCUT2D eigenvalue weighted by Gasteiger charge is -2.20. The summed E-state index contributed by atoms with van der Waals surface area (Å²) in [5.41, 5.74) is 0.146. The Morgan fingerprint density at radius 1 is 1.38 bits per heavy atom. The van der Waals surface area contributed by atoms with E-state index < -0.39 is 17.6 Å². The third kappa shape index (κ3) is 4.67. The Balaban J connectivity index is 1.95. The van der Waals surface area contributed by atoms with Crippen LogP contribution in [0, 0.1) is 5.82 Å². The maximum Gasteiger partial charge on any atom is 0.313 e. The molecule has 1 saturated heterocycles. The summed E-state index contributed by atoms with van der Waals surface area (Å²) < 4.78 is 18.7. The lowest BCUT2D eigenvalue weighted by atomic mass is 10.2. The van der Waals surface area contributed by atoms with Crippen LogP contribution in [0.15, 0.2) is 18.2 Å². The van der Waals surface area contributed by atoms with E-state index in [4.69, 9.17) is 4.74 Å². The van der Waals surface area contributed by atoms with Crippen molar-refractivity contribution in [2.24, 2.45) is 0 Å². The Labute approximate surface area is 141 Å². The second-order valence-electron chi connectivity index (χ2n) is 6.08. The van der Waals surface area contributed by atoms with E-state index in [1.807, 2.05) is 0 Å². The minimum atomic E-state index is -0.829. The molecular weight excluding hydrogens is 313 g/mol. The summed E-state index contributed by atoms with van der Waals surface area (Å²) in [4.78, 5) is 26.4. The monoisotopic (exact) mass is 337 g/mol. The van der Waals surface area contributed by atoms with Crippen molar-refractivity contribution in [1.29, 1.82) is 0 Å². The van der Waals surface area contributed by atoms with Crippen LogP contribution < -0.4 is 15.4 Å². The summed E-state index contributed by atoms with van der Waals surface area (Å²) in [6.07, 6.45) is 0.807. The van der Waals surface area contributed by atoms with E-state index in [9.17, 15) is 14.0 Å². The van der Waals surface area contributed by atoms with Crippen molar-refractivity contribution in [1.82, 2.24) is 10.2 Å². The summed E-state index contributed by atoms with van der Waals surface area (Å²) in [5.74, 6) is -1.74. The Morgan fingerprint density at radius 2 is 2.12 bits per heavy atom. The molecule has 0 bridgehead atoms. The molecule has 1 aliphatic heterocycles. The van der Waals surface area contributed by atoms with Gasteiger partial charge in [0.15, 0.2) is 0 Å². The summed E-state index contributed by atoms with van der Waals surface area (Å²) >= 11 is 0. The van der Waals surface area contributed by atoms with Gasteiger partial charge >= 0.3 is 11.8 Å². The van der Waals surface area contributed by atoms with Crippen molar-refractivity contribution in [2.75, 3.05) is 25.0 Å². The third-order valence-electron chi connectivity index (χ3n) is 3.98. The van der Waals surface area contributed by atoms with Gasteiger partial charge in [-0.15, -0.1) is 0 Å². The van der Waals surface area contributed by atoms with Crippen LogP contribution in [0.25, 0.3) is 0 Å². The van der Waals surface area contributed by atoms with Gasteiger partial charge < -0.3 is 15.4 Å². The van der Waals surface area contributed by atoms with Crippen LogP contribution in [-0.2, 0) is 9.59 Å². The number of carbonyl (C=O) groups excluding carboxylic acids is 2. The van der Waals surface area contributed by atoms with E-state index >= 15 is 0 Å². The first-order valence-electron chi connectivity index (χ1n) is 8.19. The normalized spacial score (nSPS) is 17.8. The first kappa shape index (κ1) is 18.2. The third-order valence-corrected chi connectivity index (χ3v) is 3.98. The zero-order valence-electron chi connectivity index (χ0n) is 14.3. The van der Waals surface area contributed by atoms with E-state index in [1.165, 1.54) is 12.1 Å². The molecule has 1 atom stereocenters. The average molecular weight is 337 g/mol. The van der Waals surface area contributed by atoms with Gasteiger partial charge in [-0.2, -0.15) is 0 Å². The van der Waals surface area contributed by atoms with Crippen molar-refractivity contribution in [3.8, 4) is 5.75 Å². The van der Waals surface area contributed by atoms with Gasteiger partial charge in [0.2, 0.25) is 0 Å². The Bertz CT molecular complexity index is 607. The summed E-state index contributed by atoms with van der Waals surface area (Å²) in [6, 6.07) is 4.14. The number of halogens is 1. The molecule has 0 spiro atoms. The highest BCUT2D eigenvalue weighted by Crippen LogP contribution is 2.25. The maximum atomic E-state index is 13.4. The lowest BCUT2D eigenvalue weighted by Crippen LogP contribution is -2.43. The van der Waals surface area contributed by atoms with Gasteiger partial charge in [-0.25, -0.2) is 4.39 Å². The van der Waals surface area contributed by atoms with Crippen LogP contribution in [-0.4, -0.2) is 48.5 Å². The highest BCUT2D eigenvalue weighted by molar-refractivity contribution is 6.39. The molecule has 1 fully saturated rings. The van der Waals surface area contributed by atoms with E-state index in [-0.39, 0.29) is 11.7 Å². The Morgan fingerprint density at radius 3 is 2.75 bits per heavy atom. The highest BCUT2D eigenvalue weighted by Gasteiger charge is 2.27. The van der Waals surface area contributed by atoms with Gasteiger partial charge in [0.05, 0.1) is 12.3 Å². The van der Waals surface area contributed by atoms with Crippen molar-refractivity contribution >= 4 is 17.5 Å². The van der Waals surface area contributed by atoms with Crippen molar-refractivity contribution < 1.29 is 18.7 Å². The molecule has 0 saturated carbocycles. The van der Waals surface area contributed by atoms with Crippen molar-refractivity contribution in [3.63, 3.8) is 0 Å². The molecule has 132 valence electrons. The molecule has 7 heteroatoms. The molecule has 0 radical (unpaired) electrons. The fourth-order valence-corrected chi connectivity index (χ4v) is 2.69. The second kappa shape index (κ2) is 8.10. The van der Waals surface area contributed by atoms with Crippen LogP contribution in [0.3, 0.4) is 0 Å². The largest absolute Gasteiger partial charge is 0.492 e. The molecule has 0 aliphatic carbocycles. The molecule has 0 unspecified atom stereocenters. The van der Waals surface area contributed by atoms with Gasteiger partial charge in [0, 0.05) is 31.2 Å². The predicted octanol–water partition coefficient (Wildman–Crippen LogP) is 1.76. The van der Waals surface area contributed by atoms with Gasteiger partial charge in [-0.1, -0.05) is 0 Å². The SMILES string of the molecule is CCOc1ccc(F)cc1NC(=O)C(=O)N[C@H]1CCN(C(C)C)C1. The standard InChI is InChI=1S/C17H24FN3O3/c1-4-24-15-6-5-12(18)9-14(15)20-17(23)16(22)19-13-7-8-21(10-13)11(2)3/h5-6,9,11,13H,4,7-8,10H2,1-3H3,(H,19,22)(H,20,23)/t13-/m0/s1. The zero-order valence-corrected chi connectivity index (χ0v) is 14.3. The molecule has 1 aromatic rings. The van der Waals surface area contributed by atoms with Crippen molar-refractivity contribution in [3.05, 3.63) is 24.0 Å². The number of ether oxygens (including phenoxy) is 1. The average Bonchev–Trinajstić information content (AvgIpc) is 2.99. The maximum absolute atomic E-state index is 13.4. The number of anilines is 1. The topological polar surface area (TPSA) is 70.7 Å². The number of hydrogen-bond acceptors (Lipinski definition) is 4. The predicted molar refractivity (Wildman–Crippen MR) is 89.5 cm³/mol. The minimum Gasteiger partial charge on any atom is -0.492 e. The molecular formula is C17H24FN3O3. The molecule has 2 amide bonds. The first-order chi connectivity index (χ1) is 11.4. The van der Waals surface area contributed by atoms with Gasteiger partial charge in [0.25, 0.3) is 0 Å². The van der Waals surface area contributed by atoms with Crippen LogP contribution in [0.1, 0.15) is 27.2 Å². The van der Waals surface area contributed by atoms with Crippen LogP contribution >= 0.6 is 0 Å². The molecule has 2 N–H and O–H groups in total. The van der Waals surface area contributed by atoms with Gasteiger partial charge in [-0.3, -0.25) is 14.5 Å². The number of nitrogens with one attached hydrogen (secondary N) is 2. The number of hydrogen-bond donors (Lipinski definition) is 2. The molecule has 1 aromatic carbocycles. The molecule has 24 heavy (non-hydrogen) atoms. The molecule has 1 heterocycles. The number of rotatable bonds is 5. The molecule has 2 rings (SSSR count). The first-order valence-corrected chi connectivity index (χ1v) is 8.19. The summed E-state index contributed by atoms with van der Waals surface area (Å²) in [7, 11) is 0. The summed E-state index contributed by atoms with van der Waals surface area (Å²) in [5, 5.41) is 5.14. The number of likely N-dealkylation sites (tertiary alicyclic amines) is 1. The van der Waals surface area contributed by atoms with Crippen LogP contribution in [0.4, 0.5) is 10.1 Å². The quantitative estimate of drug-likeness (QED) is 0.803. The van der Waals surface area contributed by atoms with Crippen molar-refractivity contribution in [2.45, 2.75) is 39.3 Å². The number of nitrogens with zero attached hydrogens (tertiary/aromatic N) is 1. The van der Waals surface area contributed by atoms with Gasteiger partial charge in [-0.05, 0) is 39.3 Å². The van der Waals surface area contributed by atoms with Gasteiger partial charge in [0.1, 0.15) is 11.6 Å². The summed E-state index contributed by atoms with van der Waals surface area (Å²) in [6.45, 7) is 7.95. The second-order valence-corrected chi connectivity index (χ2v) is 6.08. The fraction of sp³-hybridized carbons (Fsp3) is 0.529. The number of amides is 2. The van der Waals surface area contributed by atoms with E-state index in [0.717, 1.165) is 25.6 Å². The molecule has 1 aliphatic rings.